The first-order valence-electron chi connectivity index (χ1n) is 6.64. The standard InChI is InChI=1S/C16H16ClN3O2/c1-10-3-4-13(8-14(10)17)20-16(22)19-12-5-6-15(18-9-21)11(2)7-12/h3-9H,1-2H3,(H,18,21)(H2,19,20,22). The van der Waals surface area contributed by atoms with Gasteiger partial charge in [-0.1, -0.05) is 17.7 Å². The lowest BCUT2D eigenvalue weighted by Crippen LogP contribution is -2.19. The van der Waals surface area contributed by atoms with Crippen LogP contribution in [0.1, 0.15) is 11.1 Å². The molecule has 3 N–H and O–H groups in total. The van der Waals surface area contributed by atoms with Crippen LogP contribution in [-0.4, -0.2) is 12.4 Å². The molecule has 114 valence electrons. The van der Waals surface area contributed by atoms with E-state index in [1.54, 1.807) is 30.3 Å². The van der Waals surface area contributed by atoms with Crippen molar-refractivity contribution in [2.75, 3.05) is 16.0 Å². The first-order valence-corrected chi connectivity index (χ1v) is 7.02. The summed E-state index contributed by atoms with van der Waals surface area (Å²) in [7, 11) is 0. The van der Waals surface area contributed by atoms with Gasteiger partial charge >= 0.3 is 6.03 Å². The van der Waals surface area contributed by atoms with Gasteiger partial charge in [-0.3, -0.25) is 4.79 Å². The molecule has 0 saturated heterocycles. The minimum Gasteiger partial charge on any atom is -0.328 e. The van der Waals surface area contributed by atoms with Gasteiger partial charge in [0.25, 0.3) is 0 Å². The number of rotatable bonds is 4. The second kappa shape index (κ2) is 6.95. The zero-order chi connectivity index (χ0) is 16.1. The number of aryl methyl sites for hydroxylation is 2. The molecule has 0 saturated carbocycles. The first-order chi connectivity index (χ1) is 10.5. The molecule has 2 aromatic carbocycles. The molecule has 0 unspecified atom stereocenters. The van der Waals surface area contributed by atoms with Gasteiger partial charge in [-0.05, 0) is 55.3 Å². The highest BCUT2D eigenvalue weighted by Gasteiger charge is 2.06. The summed E-state index contributed by atoms with van der Waals surface area (Å²) in [6, 6.07) is 10.1. The number of urea groups is 1. The van der Waals surface area contributed by atoms with Crippen molar-refractivity contribution in [1.82, 2.24) is 0 Å². The second-order valence-corrected chi connectivity index (χ2v) is 5.24. The van der Waals surface area contributed by atoms with Gasteiger partial charge in [0.05, 0.1) is 0 Å². The zero-order valence-electron chi connectivity index (χ0n) is 12.2. The second-order valence-electron chi connectivity index (χ2n) is 4.83. The SMILES string of the molecule is Cc1ccc(NC(=O)Nc2ccc(NC=O)c(C)c2)cc1Cl. The molecule has 2 aromatic rings. The van der Waals surface area contributed by atoms with Crippen molar-refractivity contribution in [2.24, 2.45) is 0 Å². The van der Waals surface area contributed by atoms with Gasteiger partial charge in [0.1, 0.15) is 0 Å². The summed E-state index contributed by atoms with van der Waals surface area (Å²) in [4.78, 5) is 22.4. The Hall–Kier alpha value is -2.53. The minimum atomic E-state index is -0.365. The molecule has 0 radical (unpaired) electrons. The minimum absolute atomic E-state index is 0.365. The van der Waals surface area contributed by atoms with Gasteiger partial charge in [-0.2, -0.15) is 0 Å². The number of carbonyl (C=O) groups excluding carboxylic acids is 2. The molecule has 0 aliphatic carbocycles. The molecule has 0 aliphatic heterocycles. The Bertz CT molecular complexity index is 717. The van der Waals surface area contributed by atoms with E-state index < -0.39 is 0 Å². The van der Waals surface area contributed by atoms with Crippen LogP contribution >= 0.6 is 11.6 Å². The first kappa shape index (κ1) is 15.9. The topological polar surface area (TPSA) is 70.2 Å². The fourth-order valence-corrected chi connectivity index (χ4v) is 2.11. The van der Waals surface area contributed by atoms with Gasteiger partial charge < -0.3 is 16.0 Å². The van der Waals surface area contributed by atoms with Crippen molar-refractivity contribution in [3.63, 3.8) is 0 Å². The number of hydrogen-bond donors (Lipinski definition) is 3. The van der Waals surface area contributed by atoms with Crippen LogP contribution in [0, 0.1) is 13.8 Å². The molecule has 0 aromatic heterocycles. The van der Waals surface area contributed by atoms with Crippen LogP contribution in [-0.2, 0) is 4.79 Å². The van der Waals surface area contributed by atoms with Gasteiger partial charge in [-0.25, -0.2) is 4.79 Å². The summed E-state index contributed by atoms with van der Waals surface area (Å²) in [6.45, 7) is 3.73. The molecule has 0 fully saturated rings. The number of benzene rings is 2. The molecule has 0 spiro atoms. The van der Waals surface area contributed by atoms with Crippen molar-refractivity contribution in [3.05, 3.63) is 52.5 Å². The van der Waals surface area contributed by atoms with Crippen LogP contribution in [0.4, 0.5) is 21.9 Å². The van der Waals surface area contributed by atoms with Crippen LogP contribution in [0.15, 0.2) is 36.4 Å². The molecule has 22 heavy (non-hydrogen) atoms. The summed E-state index contributed by atoms with van der Waals surface area (Å²) in [5.41, 5.74) is 3.74. The quantitative estimate of drug-likeness (QED) is 0.741. The van der Waals surface area contributed by atoms with Crippen molar-refractivity contribution >= 4 is 41.1 Å². The number of hydrogen-bond acceptors (Lipinski definition) is 2. The summed E-state index contributed by atoms with van der Waals surface area (Å²) in [6.07, 6.45) is 0.614. The van der Waals surface area contributed by atoms with Gasteiger partial charge in [0.15, 0.2) is 0 Å². The third-order valence-corrected chi connectivity index (χ3v) is 3.54. The Morgan fingerprint density at radius 3 is 2.23 bits per heavy atom. The van der Waals surface area contributed by atoms with E-state index in [4.69, 9.17) is 11.6 Å². The smallest absolute Gasteiger partial charge is 0.323 e. The monoisotopic (exact) mass is 317 g/mol. The molecule has 2 rings (SSSR count). The van der Waals surface area contributed by atoms with E-state index in [9.17, 15) is 9.59 Å². The predicted molar refractivity (Wildman–Crippen MR) is 89.7 cm³/mol. The van der Waals surface area contributed by atoms with Crippen LogP contribution in [0.25, 0.3) is 0 Å². The number of carbonyl (C=O) groups is 2. The summed E-state index contributed by atoms with van der Waals surface area (Å²) < 4.78 is 0. The van der Waals surface area contributed by atoms with E-state index in [0.717, 1.165) is 11.1 Å². The Labute approximate surface area is 133 Å². The lowest BCUT2D eigenvalue weighted by Gasteiger charge is -2.11. The fourth-order valence-electron chi connectivity index (χ4n) is 1.93. The molecule has 6 heteroatoms. The Morgan fingerprint density at radius 1 is 1.00 bits per heavy atom. The normalized spacial score (nSPS) is 9.95. The average molecular weight is 318 g/mol. The van der Waals surface area contributed by atoms with Crippen LogP contribution < -0.4 is 16.0 Å². The van der Waals surface area contributed by atoms with Crippen molar-refractivity contribution in [1.29, 1.82) is 0 Å². The van der Waals surface area contributed by atoms with E-state index in [0.29, 0.717) is 28.5 Å². The average Bonchev–Trinajstić information content (AvgIpc) is 2.46. The van der Waals surface area contributed by atoms with Gasteiger partial charge in [-0.15, -0.1) is 0 Å². The van der Waals surface area contributed by atoms with Crippen molar-refractivity contribution in [3.8, 4) is 0 Å². The highest BCUT2D eigenvalue weighted by atomic mass is 35.5. The maximum Gasteiger partial charge on any atom is 0.323 e. The van der Waals surface area contributed by atoms with E-state index in [1.165, 1.54) is 0 Å². The van der Waals surface area contributed by atoms with E-state index in [-0.39, 0.29) is 6.03 Å². The Morgan fingerprint density at radius 2 is 1.64 bits per heavy atom. The Balaban J connectivity index is 2.03. The number of nitrogens with one attached hydrogen (secondary N) is 3. The summed E-state index contributed by atoms with van der Waals surface area (Å²) in [5.74, 6) is 0. The van der Waals surface area contributed by atoms with E-state index >= 15 is 0 Å². The largest absolute Gasteiger partial charge is 0.328 e. The lowest BCUT2D eigenvalue weighted by molar-refractivity contribution is -0.105. The molecule has 3 amide bonds. The lowest BCUT2D eigenvalue weighted by atomic mass is 10.2. The predicted octanol–water partition coefficient (Wildman–Crippen LogP) is 4.17. The number of halogens is 1. The maximum atomic E-state index is 12.0. The molecule has 0 bridgehead atoms. The molecular formula is C16H16ClN3O2. The third kappa shape index (κ3) is 3.99. The number of amides is 3. The third-order valence-electron chi connectivity index (χ3n) is 3.13. The van der Waals surface area contributed by atoms with Crippen LogP contribution in [0.5, 0.6) is 0 Å². The van der Waals surface area contributed by atoms with Crippen LogP contribution in [0.2, 0.25) is 5.02 Å². The molecule has 0 atom stereocenters. The van der Waals surface area contributed by atoms with Gasteiger partial charge in [0, 0.05) is 22.1 Å². The van der Waals surface area contributed by atoms with Gasteiger partial charge in [0.2, 0.25) is 6.41 Å². The number of anilines is 3. The highest BCUT2D eigenvalue weighted by Crippen LogP contribution is 2.21. The highest BCUT2D eigenvalue weighted by molar-refractivity contribution is 6.31. The maximum absolute atomic E-state index is 12.0. The van der Waals surface area contributed by atoms with Crippen molar-refractivity contribution < 1.29 is 9.59 Å². The Kier molecular flexibility index (Phi) is 5.01. The zero-order valence-corrected chi connectivity index (χ0v) is 13.0. The summed E-state index contributed by atoms with van der Waals surface area (Å²) >= 11 is 6.02. The molecular weight excluding hydrogens is 302 g/mol. The van der Waals surface area contributed by atoms with E-state index in [1.807, 2.05) is 19.9 Å². The van der Waals surface area contributed by atoms with Crippen LogP contribution in [0.3, 0.4) is 0 Å². The molecule has 5 nitrogen and oxygen atoms in total. The molecule has 0 heterocycles. The van der Waals surface area contributed by atoms with Crippen molar-refractivity contribution in [2.45, 2.75) is 13.8 Å². The molecule has 0 aliphatic rings. The summed E-state index contributed by atoms with van der Waals surface area (Å²) in [5, 5.41) is 8.62. The fraction of sp³-hybridized carbons (Fsp3) is 0.125. The van der Waals surface area contributed by atoms with E-state index in [2.05, 4.69) is 16.0 Å².